The Kier molecular flexibility index (Phi) is 4.21. The summed E-state index contributed by atoms with van der Waals surface area (Å²) in [6.07, 6.45) is 0. The largest absolute Gasteiger partial charge is 0.484 e. The van der Waals surface area contributed by atoms with Crippen molar-refractivity contribution in [1.82, 2.24) is 4.98 Å². The number of aromatic nitrogens is 1. The van der Waals surface area contributed by atoms with Gasteiger partial charge in [0.1, 0.15) is 6.61 Å². The van der Waals surface area contributed by atoms with Crippen molar-refractivity contribution >= 4 is 38.7 Å². The van der Waals surface area contributed by atoms with Crippen LogP contribution in [0.5, 0.6) is 5.75 Å². The van der Waals surface area contributed by atoms with Crippen LogP contribution in [0.25, 0.3) is 0 Å². The van der Waals surface area contributed by atoms with Crippen LogP contribution in [-0.4, -0.2) is 10.8 Å². The molecular formula is C13H13BrN2O2S. The molecule has 0 saturated heterocycles. The Labute approximate surface area is 123 Å². The quantitative estimate of drug-likeness (QED) is 0.682. The zero-order valence-corrected chi connectivity index (χ0v) is 13.0. The van der Waals surface area contributed by atoms with E-state index in [0.29, 0.717) is 23.6 Å². The highest BCUT2D eigenvalue weighted by Gasteiger charge is 2.14. The average Bonchev–Trinajstić information content (AvgIpc) is 2.73. The van der Waals surface area contributed by atoms with Crippen molar-refractivity contribution in [2.75, 3.05) is 5.73 Å². The molecule has 2 rings (SSSR count). The van der Waals surface area contributed by atoms with Gasteiger partial charge in [-0.3, -0.25) is 4.79 Å². The summed E-state index contributed by atoms with van der Waals surface area (Å²) in [4.78, 5) is 15.9. The van der Waals surface area contributed by atoms with Crippen molar-refractivity contribution < 1.29 is 9.53 Å². The highest BCUT2D eigenvalue weighted by atomic mass is 79.9. The molecule has 100 valence electrons. The summed E-state index contributed by atoms with van der Waals surface area (Å²) in [5, 5.41) is 2.91. The van der Waals surface area contributed by atoms with Crippen LogP contribution in [0, 0.1) is 6.92 Å². The molecule has 4 nitrogen and oxygen atoms in total. The lowest BCUT2D eigenvalue weighted by Crippen LogP contribution is -2.05. The lowest BCUT2D eigenvalue weighted by molar-refractivity contribution is 0.101. The van der Waals surface area contributed by atoms with Gasteiger partial charge in [-0.2, -0.15) is 0 Å². The van der Waals surface area contributed by atoms with Crippen molar-refractivity contribution in [1.29, 1.82) is 0 Å². The molecule has 2 N–H and O–H groups in total. The second kappa shape index (κ2) is 5.71. The van der Waals surface area contributed by atoms with Crippen LogP contribution in [0.1, 0.15) is 28.0 Å². The minimum atomic E-state index is -0.0857. The highest BCUT2D eigenvalue weighted by molar-refractivity contribution is 9.10. The Bertz CT molecular complexity index is 625. The Balaban J connectivity index is 2.26. The Morgan fingerprint density at radius 3 is 2.84 bits per heavy atom. The standard InChI is InChI=1S/C13H13BrN2O2S/c1-7(17)11-3-9(14)4-12(15)13(11)18-5-10-6-19-8(2)16-10/h3-4,6H,5,15H2,1-2H3. The molecule has 19 heavy (non-hydrogen) atoms. The normalized spacial score (nSPS) is 10.5. The smallest absolute Gasteiger partial charge is 0.163 e. The lowest BCUT2D eigenvalue weighted by Gasteiger charge is -2.12. The number of aryl methyl sites for hydroxylation is 1. The highest BCUT2D eigenvalue weighted by Crippen LogP contribution is 2.31. The SMILES string of the molecule is CC(=O)c1cc(Br)cc(N)c1OCc1csc(C)n1. The van der Waals surface area contributed by atoms with E-state index in [2.05, 4.69) is 20.9 Å². The summed E-state index contributed by atoms with van der Waals surface area (Å²) in [5.41, 5.74) is 7.64. The van der Waals surface area contributed by atoms with Crippen molar-refractivity contribution in [2.45, 2.75) is 20.5 Å². The van der Waals surface area contributed by atoms with Gasteiger partial charge in [0, 0.05) is 9.85 Å². The Morgan fingerprint density at radius 1 is 1.53 bits per heavy atom. The number of halogens is 1. The first-order valence-electron chi connectivity index (χ1n) is 5.61. The number of carbonyl (C=O) groups excluding carboxylic acids is 1. The van der Waals surface area contributed by atoms with Crippen molar-refractivity contribution in [3.8, 4) is 5.75 Å². The van der Waals surface area contributed by atoms with Crippen LogP contribution in [-0.2, 0) is 6.61 Å². The van der Waals surface area contributed by atoms with Crippen LogP contribution in [0.15, 0.2) is 22.0 Å². The zero-order chi connectivity index (χ0) is 14.0. The fourth-order valence-electron chi connectivity index (χ4n) is 1.66. The molecule has 0 aliphatic heterocycles. The molecule has 0 saturated carbocycles. The fraction of sp³-hybridized carbons (Fsp3) is 0.231. The van der Waals surface area contributed by atoms with Gasteiger partial charge in [0.05, 0.1) is 22.0 Å². The van der Waals surface area contributed by atoms with Gasteiger partial charge in [0.25, 0.3) is 0 Å². The van der Waals surface area contributed by atoms with E-state index >= 15 is 0 Å². The van der Waals surface area contributed by atoms with Gasteiger partial charge in [0.2, 0.25) is 0 Å². The number of hydrogen-bond acceptors (Lipinski definition) is 5. The number of thiazole rings is 1. The minimum Gasteiger partial charge on any atom is -0.484 e. The molecule has 0 aliphatic carbocycles. The van der Waals surface area contributed by atoms with E-state index in [1.807, 2.05) is 12.3 Å². The van der Waals surface area contributed by atoms with Crippen molar-refractivity contribution in [2.24, 2.45) is 0 Å². The van der Waals surface area contributed by atoms with Gasteiger partial charge in [-0.25, -0.2) is 4.98 Å². The Morgan fingerprint density at radius 2 is 2.26 bits per heavy atom. The predicted molar refractivity (Wildman–Crippen MR) is 79.7 cm³/mol. The summed E-state index contributed by atoms with van der Waals surface area (Å²) >= 11 is 4.88. The van der Waals surface area contributed by atoms with Crippen molar-refractivity contribution in [3.63, 3.8) is 0 Å². The van der Waals surface area contributed by atoms with Crippen LogP contribution < -0.4 is 10.5 Å². The number of hydrogen-bond donors (Lipinski definition) is 1. The monoisotopic (exact) mass is 340 g/mol. The number of anilines is 1. The first-order valence-corrected chi connectivity index (χ1v) is 7.28. The van der Waals surface area contributed by atoms with Crippen LogP contribution in [0.3, 0.4) is 0 Å². The minimum absolute atomic E-state index is 0.0857. The first kappa shape index (κ1) is 14.0. The Hall–Kier alpha value is -1.40. The molecule has 0 bridgehead atoms. The average molecular weight is 341 g/mol. The van der Waals surface area contributed by atoms with Gasteiger partial charge < -0.3 is 10.5 Å². The summed E-state index contributed by atoms with van der Waals surface area (Å²) in [7, 11) is 0. The van der Waals surface area contributed by atoms with Crippen LogP contribution in [0.2, 0.25) is 0 Å². The number of ketones is 1. The molecular weight excluding hydrogens is 328 g/mol. The number of Topliss-reactive ketones (excluding diaryl/α,β-unsaturated/α-hetero) is 1. The van der Waals surface area contributed by atoms with Crippen LogP contribution in [0.4, 0.5) is 5.69 Å². The zero-order valence-electron chi connectivity index (χ0n) is 10.6. The molecule has 1 aromatic carbocycles. The lowest BCUT2D eigenvalue weighted by atomic mass is 10.1. The van der Waals surface area contributed by atoms with E-state index in [1.165, 1.54) is 6.92 Å². The van der Waals surface area contributed by atoms with Gasteiger partial charge in [-0.05, 0) is 26.0 Å². The number of nitrogens with zero attached hydrogens (tertiary/aromatic N) is 1. The molecule has 0 atom stereocenters. The molecule has 0 fully saturated rings. The van der Waals surface area contributed by atoms with E-state index in [0.717, 1.165) is 15.2 Å². The maximum absolute atomic E-state index is 11.6. The molecule has 0 radical (unpaired) electrons. The topological polar surface area (TPSA) is 65.2 Å². The maximum Gasteiger partial charge on any atom is 0.163 e. The van der Waals surface area contributed by atoms with E-state index in [1.54, 1.807) is 23.5 Å². The van der Waals surface area contributed by atoms with E-state index in [4.69, 9.17) is 10.5 Å². The third-order valence-corrected chi connectivity index (χ3v) is 3.77. The molecule has 1 aromatic heterocycles. The fourth-order valence-corrected chi connectivity index (χ4v) is 2.73. The van der Waals surface area contributed by atoms with Gasteiger partial charge in [0.15, 0.2) is 11.5 Å². The number of ether oxygens (including phenoxy) is 1. The van der Waals surface area contributed by atoms with Crippen molar-refractivity contribution in [3.05, 3.63) is 38.3 Å². The predicted octanol–water partition coefficient (Wildman–Crippen LogP) is 3.58. The first-order chi connectivity index (χ1) is 8.97. The van der Waals surface area contributed by atoms with Gasteiger partial charge in [-0.15, -0.1) is 11.3 Å². The number of rotatable bonds is 4. The number of nitrogens with two attached hydrogens (primary N) is 1. The molecule has 1 heterocycles. The van der Waals surface area contributed by atoms with E-state index in [9.17, 15) is 4.79 Å². The summed E-state index contributed by atoms with van der Waals surface area (Å²) < 4.78 is 6.42. The second-order valence-corrected chi connectivity index (χ2v) is 6.05. The molecule has 0 unspecified atom stereocenters. The third-order valence-electron chi connectivity index (χ3n) is 2.49. The summed E-state index contributed by atoms with van der Waals surface area (Å²) in [6, 6.07) is 3.42. The van der Waals surface area contributed by atoms with E-state index < -0.39 is 0 Å². The number of benzene rings is 1. The summed E-state index contributed by atoms with van der Waals surface area (Å²) in [5.74, 6) is 0.332. The molecule has 6 heteroatoms. The molecule has 2 aromatic rings. The second-order valence-electron chi connectivity index (χ2n) is 4.07. The van der Waals surface area contributed by atoms with Gasteiger partial charge in [-0.1, -0.05) is 15.9 Å². The molecule has 0 spiro atoms. The van der Waals surface area contributed by atoms with E-state index in [-0.39, 0.29) is 5.78 Å². The van der Waals surface area contributed by atoms with Crippen LogP contribution >= 0.6 is 27.3 Å². The molecule has 0 amide bonds. The van der Waals surface area contributed by atoms with Gasteiger partial charge >= 0.3 is 0 Å². The number of carbonyl (C=O) groups is 1. The summed E-state index contributed by atoms with van der Waals surface area (Å²) in [6.45, 7) is 3.72. The maximum atomic E-state index is 11.6. The third kappa shape index (κ3) is 3.33. The molecule has 0 aliphatic rings. The number of nitrogen functional groups attached to an aromatic ring is 1.